The van der Waals surface area contributed by atoms with Crippen molar-refractivity contribution in [2.24, 2.45) is 0 Å². The minimum absolute atomic E-state index is 0.288. The zero-order valence-electron chi connectivity index (χ0n) is 22.4. The van der Waals surface area contributed by atoms with Crippen LogP contribution in [0, 0.1) is 0 Å². The van der Waals surface area contributed by atoms with Crippen molar-refractivity contribution in [3.8, 4) is 11.3 Å². The van der Waals surface area contributed by atoms with E-state index >= 15 is 0 Å². The third kappa shape index (κ3) is 5.93. The second-order valence-corrected chi connectivity index (χ2v) is 13.8. The Morgan fingerprint density at radius 1 is 1.05 bits per heavy atom. The number of alkyl halides is 3. The van der Waals surface area contributed by atoms with E-state index in [1.54, 1.807) is 6.07 Å². The van der Waals surface area contributed by atoms with Crippen LogP contribution in [0.3, 0.4) is 0 Å². The number of hydrogen-bond donors (Lipinski definition) is 2. The van der Waals surface area contributed by atoms with E-state index in [0.717, 1.165) is 38.6 Å². The Balaban J connectivity index is 1.87. The van der Waals surface area contributed by atoms with E-state index in [9.17, 15) is 22.8 Å². The SMILES string of the molecule is C=C(C)c1ccccc1[C@@H](N[S@@+]([O-])C(C)(C)C)c1cc2cccc(-c3cc([C@@](C)(O)C(F)(F)F)ccn3)c2s1. The summed E-state index contributed by atoms with van der Waals surface area (Å²) in [4.78, 5) is 5.23. The zero-order valence-corrected chi connectivity index (χ0v) is 24.0. The molecular weight excluding hydrogens is 541 g/mol. The van der Waals surface area contributed by atoms with Crippen molar-refractivity contribution in [2.75, 3.05) is 0 Å². The van der Waals surface area contributed by atoms with Gasteiger partial charge >= 0.3 is 6.18 Å². The molecular formula is C30H31F3N2O2S2. The van der Waals surface area contributed by atoms with Crippen molar-refractivity contribution in [1.82, 2.24) is 9.71 Å². The van der Waals surface area contributed by atoms with Crippen LogP contribution < -0.4 is 4.72 Å². The van der Waals surface area contributed by atoms with Crippen molar-refractivity contribution >= 4 is 38.4 Å². The number of hydrogen-bond acceptors (Lipinski definition) is 5. The predicted octanol–water partition coefficient (Wildman–Crippen LogP) is 7.91. The summed E-state index contributed by atoms with van der Waals surface area (Å²) in [7, 11) is 0. The highest BCUT2D eigenvalue weighted by atomic mass is 32.2. The molecule has 4 nitrogen and oxygen atoms in total. The molecule has 0 radical (unpaired) electrons. The molecule has 2 aromatic heterocycles. The van der Waals surface area contributed by atoms with Crippen molar-refractivity contribution < 1.29 is 22.8 Å². The van der Waals surface area contributed by atoms with Gasteiger partial charge in [-0.05, 0) is 74.9 Å². The molecule has 9 heteroatoms. The summed E-state index contributed by atoms with van der Waals surface area (Å²) in [5.41, 5.74) is 0.410. The fourth-order valence-corrected chi connectivity index (χ4v) is 6.32. The first-order chi connectivity index (χ1) is 18.1. The van der Waals surface area contributed by atoms with Gasteiger partial charge in [-0.1, -0.05) is 54.6 Å². The Morgan fingerprint density at radius 2 is 1.74 bits per heavy atom. The van der Waals surface area contributed by atoms with Gasteiger partial charge in [-0.2, -0.15) is 13.2 Å². The molecule has 2 aromatic carbocycles. The minimum Gasteiger partial charge on any atom is -0.598 e. The molecule has 206 valence electrons. The van der Waals surface area contributed by atoms with Gasteiger partial charge in [0.05, 0.1) is 5.69 Å². The number of allylic oxidation sites excluding steroid dienone is 1. The summed E-state index contributed by atoms with van der Waals surface area (Å²) >= 11 is 0.0681. The van der Waals surface area contributed by atoms with Crippen LogP contribution in [-0.4, -0.2) is 25.6 Å². The maximum absolute atomic E-state index is 13.5. The number of aliphatic hydroxyl groups is 1. The second kappa shape index (κ2) is 10.7. The first kappa shape index (κ1) is 29.3. The second-order valence-electron chi connectivity index (χ2n) is 10.7. The molecule has 0 spiro atoms. The highest BCUT2D eigenvalue weighted by Gasteiger charge is 2.51. The molecule has 2 N–H and O–H groups in total. The fourth-order valence-electron chi connectivity index (χ4n) is 4.17. The van der Waals surface area contributed by atoms with Gasteiger partial charge in [-0.15, -0.1) is 16.1 Å². The fraction of sp³-hybridized carbons (Fsp3) is 0.300. The van der Waals surface area contributed by atoms with E-state index in [4.69, 9.17) is 0 Å². The van der Waals surface area contributed by atoms with Gasteiger partial charge in [0.2, 0.25) is 0 Å². The Kier molecular flexibility index (Phi) is 8.04. The normalized spacial score (nSPS) is 15.6. The van der Waals surface area contributed by atoms with E-state index < -0.39 is 33.9 Å². The van der Waals surface area contributed by atoms with Crippen LogP contribution >= 0.6 is 11.3 Å². The van der Waals surface area contributed by atoms with Gasteiger partial charge in [-0.25, -0.2) is 0 Å². The quantitative estimate of drug-likeness (QED) is 0.221. The zero-order chi connectivity index (χ0) is 28.8. The summed E-state index contributed by atoms with van der Waals surface area (Å²) in [5.74, 6) is 0. The van der Waals surface area contributed by atoms with E-state index in [2.05, 4.69) is 16.3 Å². The average Bonchev–Trinajstić information content (AvgIpc) is 3.30. The smallest absolute Gasteiger partial charge is 0.421 e. The van der Waals surface area contributed by atoms with Crippen LogP contribution in [-0.2, 0) is 17.0 Å². The molecule has 0 unspecified atom stereocenters. The maximum atomic E-state index is 13.5. The van der Waals surface area contributed by atoms with Crippen molar-refractivity contribution in [1.29, 1.82) is 0 Å². The highest BCUT2D eigenvalue weighted by molar-refractivity contribution is 7.90. The predicted molar refractivity (Wildman–Crippen MR) is 155 cm³/mol. The number of pyridine rings is 1. The van der Waals surface area contributed by atoms with Gasteiger partial charge < -0.3 is 9.66 Å². The molecule has 2 heterocycles. The molecule has 0 bridgehead atoms. The van der Waals surface area contributed by atoms with Crippen molar-refractivity contribution in [3.05, 3.63) is 95.0 Å². The molecule has 0 aliphatic carbocycles. The van der Waals surface area contributed by atoms with Crippen molar-refractivity contribution in [2.45, 2.75) is 57.2 Å². The molecule has 0 saturated carbocycles. The van der Waals surface area contributed by atoms with E-state index in [-0.39, 0.29) is 5.56 Å². The lowest BCUT2D eigenvalue weighted by atomic mass is 9.94. The van der Waals surface area contributed by atoms with Crippen molar-refractivity contribution in [3.63, 3.8) is 0 Å². The van der Waals surface area contributed by atoms with Crippen LogP contribution in [0.1, 0.15) is 62.2 Å². The standard InChI is InChI=1S/C30H31F3N2O2S2/c1-18(2)21-11-7-8-12-22(21)26(35-39(37)28(3,4)5)25-16-19-10-9-13-23(27(19)38-25)24-17-20(14-15-34-24)29(6,36)30(31,32)33/h7-17,26,35-36H,1H2,2-6H3/t26-,29-,39+/m1/s1. The number of rotatable bonds is 7. The number of halogens is 3. The first-order valence-electron chi connectivity index (χ1n) is 12.3. The van der Waals surface area contributed by atoms with Gasteiger partial charge in [0, 0.05) is 32.7 Å². The van der Waals surface area contributed by atoms with Gasteiger partial charge in [0.25, 0.3) is 0 Å². The number of fused-ring (bicyclic) bond motifs is 1. The van der Waals surface area contributed by atoms with E-state index in [1.165, 1.54) is 29.7 Å². The molecule has 0 aliphatic rings. The molecule has 4 rings (SSSR count). The van der Waals surface area contributed by atoms with Crippen LogP contribution in [0.4, 0.5) is 13.2 Å². The summed E-state index contributed by atoms with van der Waals surface area (Å²) in [6, 6.07) is 17.4. The van der Waals surface area contributed by atoms with Crippen LogP contribution in [0.5, 0.6) is 0 Å². The molecule has 4 aromatic rings. The summed E-state index contributed by atoms with van der Waals surface area (Å²) in [6.07, 6.45) is -3.57. The Labute approximate surface area is 233 Å². The average molecular weight is 573 g/mol. The van der Waals surface area contributed by atoms with E-state index in [1.807, 2.05) is 70.2 Å². The maximum Gasteiger partial charge on any atom is 0.421 e. The van der Waals surface area contributed by atoms with Gasteiger partial charge in [-0.3, -0.25) is 4.98 Å². The molecule has 3 atom stereocenters. The van der Waals surface area contributed by atoms with Crippen LogP contribution in [0.2, 0.25) is 0 Å². The lowest BCUT2D eigenvalue weighted by Gasteiger charge is -2.28. The molecule has 0 fully saturated rings. The molecule has 0 saturated heterocycles. The Morgan fingerprint density at radius 3 is 2.38 bits per heavy atom. The van der Waals surface area contributed by atoms with Crippen LogP contribution in [0.25, 0.3) is 26.9 Å². The van der Waals surface area contributed by atoms with E-state index in [0.29, 0.717) is 11.3 Å². The number of benzene rings is 2. The Bertz CT molecular complexity index is 1510. The van der Waals surface area contributed by atoms with Gasteiger partial charge in [0.15, 0.2) is 5.60 Å². The lowest BCUT2D eigenvalue weighted by Crippen LogP contribution is -2.41. The lowest BCUT2D eigenvalue weighted by molar-refractivity contribution is -0.258. The van der Waals surface area contributed by atoms with Crippen LogP contribution in [0.15, 0.2) is 73.4 Å². The topological polar surface area (TPSA) is 68.2 Å². The number of aromatic nitrogens is 1. The number of thiophene rings is 1. The van der Waals surface area contributed by atoms with Gasteiger partial charge in [0.1, 0.15) is 10.8 Å². The number of nitrogens with zero attached hydrogens (tertiary/aromatic N) is 1. The minimum atomic E-state index is -4.84. The Hall–Kier alpha value is -2.69. The summed E-state index contributed by atoms with van der Waals surface area (Å²) in [5, 5.41) is 11.1. The summed E-state index contributed by atoms with van der Waals surface area (Å²) in [6.45, 7) is 12.5. The highest BCUT2D eigenvalue weighted by Crippen LogP contribution is 2.42. The molecule has 39 heavy (non-hydrogen) atoms. The number of nitrogens with one attached hydrogen (secondary N) is 1. The summed E-state index contributed by atoms with van der Waals surface area (Å²) < 4.78 is 57.5. The first-order valence-corrected chi connectivity index (χ1v) is 14.3. The monoisotopic (exact) mass is 572 g/mol. The largest absolute Gasteiger partial charge is 0.598 e. The third-order valence-corrected chi connectivity index (χ3v) is 9.32. The molecule has 0 aliphatic heterocycles. The molecule has 0 amide bonds. The third-order valence-electron chi connectivity index (χ3n) is 6.51.